The molecule has 0 spiro atoms. The third-order valence-corrected chi connectivity index (χ3v) is 2.31. The van der Waals surface area contributed by atoms with Crippen molar-refractivity contribution < 1.29 is 14.3 Å². The van der Waals surface area contributed by atoms with Gasteiger partial charge in [-0.05, 0) is 46.6 Å². The minimum absolute atomic E-state index is 0.173. The van der Waals surface area contributed by atoms with E-state index < -0.39 is 11.8 Å². The average molecular weight is 259 g/mol. The first-order valence-electron chi connectivity index (χ1n) is 3.87. The van der Waals surface area contributed by atoms with E-state index in [9.17, 15) is 9.18 Å². The fraction of sp³-hybridized carbons (Fsp3) is 0.100. The van der Waals surface area contributed by atoms with E-state index >= 15 is 0 Å². The normalized spacial score (nSPS) is 11.5. The highest BCUT2D eigenvalue weighted by Crippen LogP contribution is 2.17. The Bertz CT molecular complexity index is 399. The predicted octanol–water partition coefficient (Wildman–Crippen LogP) is 3.08. The largest absolute Gasteiger partial charge is 0.478 e. The molecular weight excluding hydrogens is 251 g/mol. The van der Waals surface area contributed by atoms with Gasteiger partial charge in [-0.3, -0.25) is 0 Å². The van der Waals surface area contributed by atoms with E-state index in [2.05, 4.69) is 15.9 Å². The standard InChI is InChI=1S/C10H8BrFO2/c1-6(10(13)14)4-7-2-3-8(11)9(12)5-7/h2-5H,1H3,(H,13,14)/b6-4-. The molecule has 0 fully saturated rings. The topological polar surface area (TPSA) is 37.3 Å². The molecule has 1 rings (SSSR count). The highest BCUT2D eigenvalue weighted by molar-refractivity contribution is 9.10. The van der Waals surface area contributed by atoms with E-state index in [1.165, 1.54) is 25.1 Å². The maximum atomic E-state index is 13.0. The van der Waals surface area contributed by atoms with Crippen molar-refractivity contribution in [2.45, 2.75) is 6.92 Å². The van der Waals surface area contributed by atoms with Gasteiger partial charge in [0.2, 0.25) is 0 Å². The summed E-state index contributed by atoms with van der Waals surface area (Å²) in [6.07, 6.45) is 1.41. The Balaban J connectivity index is 3.04. The summed E-state index contributed by atoms with van der Waals surface area (Å²) >= 11 is 3.01. The van der Waals surface area contributed by atoms with Gasteiger partial charge in [0.25, 0.3) is 0 Å². The predicted molar refractivity (Wildman–Crippen MR) is 55.4 cm³/mol. The van der Waals surface area contributed by atoms with Crippen LogP contribution in [0.25, 0.3) is 6.08 Å². The van der Waals surface area contributed by atoms with Gasteiger partial charge in [-0.25, -0.2) is 9.18 Å². The van der Waals surface area contributed by atoms with Crippen LogP contribution >= 0.6 is 15.9 Å². The van der Waals surface area contributed by atoms with Crippen LogP contribution in [0.2, 0.25) is 0 Å². The Morgan fingerprint density at radius 2 is 2.21 bits per heavy atom. The van der Waals surface area contributed by atoms with Crippen LogP contribution in [-0.2, 0) is 4.79 Å². The number of carbonyl (C=O) groups is 1. The first-order chi connectivity index (χ1) is 6.50. The molecule has 0 heterocycles. The lowest BCUT2D eigenvalue weighted by molar-refractivity contribution is -0.132. The van der Waals surface area contributed by atoms with E-state index in [1.807, 2.05) is 0 Å². The number of rotatable bonds is 2. The van der Waals surface area contributed by atoms with E-state index in [1.54, 1.807) is 6.07 Å². The lowest BCUT2D eigenvalue weighted by Crippen LogP contribution is -1.95. The van der Waals surface area contributed by atoms with Gasteiger partial charge in [0, 0.05) is 5.57 Å². The third-order valence-electron chi connectivity index (χ3n) is 1.66. The SMILES string of the molecule is C/C(=C/c1ccc(Br)c(F)c1)C(=O)O. The molecule has 1 N–H and O–H groups in total. The second-order valence-electron chi connectivity index (χ2n) is 2.81. The summed E-state index contributed by atoms with van der Waals surface area (Å²) in [5, 5.41) is 8.60. The lowest BCUT2D eigenvalue weighted by Gasteiger charge is -1.98. The molecule has 0 aliphatic carbocycles. The van der Waals surface area contributed by atoms with Crippen LogP contribution < -0.4 is 0 Å². The zero-order chi connectivity index (χ0) is 10.7. The van der Waals surface area contributed by atoms with Gasteiger partial charge in [0.1, 0.15) is 5.82 Å². The number of carboxylic acids is 1. The van der Waals surface area contributed by atoms with Crippen LogP contribution in [0.5, 0.6) is 0 Å². The van der Waals surface area contributed by atoms with Gasteiger partial charge < -0.3 is 5.11 Å². The van der Waals surface area contributed by atoms with Gasteiger partial charge in [-0.1, -0.05) is 6.07 Å². The molecule has 1 aromatic carbocycles. The summed E-state index contributed by atoms with van der Waals surface area (Å²) in [6, 6.07) is 4.45. The van der Waals surface area contributed by atoms with Crippen molar-refractivity contribution in [3.8, 4) is 0 Å². The van der Waals surface area contributed by atoms with Crippen LogP contribution in [0.1, 0.15) is 12.5 Å². The molecule has 0 saturated heterocycles. The Morgan fingerprint density at radius 1 is 1.57 bits per heavy atom. The van der Waals surface area contributed by atoms with Crippen LogP contribution in [0.15, 0.2) is 28.2 Å². The Morgan fingerprint density at radius 3 is 2.71 bits per heavy atom. The number of aliphatic carboxylic acids is 1. The molecule has 1 aromatic rings. The van der Waals surface area contributed by atoms with Gasteiger partial charge in [0.15, 0.2) is 0 Å². The highest BCUT2D eigenvalue weighted by Gasteiger charge is 2.02. The summed E-state index contributed by atoms with van der Waals surface area (Å²) in [7, 11) is 0. The quantitative estimate of drug-likeness (QED) is 0.828. The van der Waals surface area contributed by atoms with Crippen molar-refractivity contribution >= 4 is 28.0 Å². The Labute approximate surface area is 89.2 Å². The molecule has 4 heteroatoms. The zero-order valence-electron chi connectivity index (χ0n) is 7.42. The monoisotopic (exact) mass is 258 g/mol. The number of carboxylic acid groups (broad SMARTS) is 1. The summed E-state index contributed by atoms with van der Waals surface area (Å²) in [6.45, 7) is 1.46. The Hall–Kier alpha value is -1.16. The average Bonchev–Trinajstić information content (AvgIpc) is 2.11. The van der Waals surface area contributed by atoms with E-state index in [-0.39, 0.29) is 5.57 Å². The van der Waals surface area contributed by atoms with Crippen molar-refractivity contribution in [2.24, 2.45) is 0 Å². The molecule has 2 nitrogen and oxygen atoms in total. The van der Waals surface area contributed by atoms with Crippen LogP contribution in [0.3, 0.4) is 0 Å². The van der Waals surface area contributed by atoms with Crippen molar-refractivity contribution in [1.29, 1.82) is 0 Å². The van der Waals surface area contributed by atoms with Gasteiger partial charge in [-0.15, -0.1) is 0 Å². The molecule has 74 valence electrons. The molecular formula is C10H8BrFO2. The number of halogens is 2. The minimum atomic E-state index is -1.01. The molecule has 0 aliphatic rings. The zero-order valence-corrected chi connectivity index (χ0v) is 9.01. The van der Waals surface area contributed by atoms with E-state index in [0.717, 1.165) is 0 Å². The molecule has 14 heavy (non-hydrogen) atoms. The Kier molecular flexibility index (Phi) is 3.41. The number of hydrogen-bond donors (Lipinski definition) is 1. The molecule has 0 atom stereocenters. The van der Waals surface area contributed by atoms with Gasteiger partial charge >= 0.3 is 5.97 Å². The highest BCUT2D eigenvalue weighted by atomic mass is 79.9. The molecule has 0 saturated carbocycles. The summed E-state index contributed by atoms with van der Waals surface area (Å²) in [4.78, 5) is 10.5. The number of benzene rings is 1. The molecule has 0 aliphatic heterocycles. The van der Waals surface area contributed by atoms with Gasteiger partial charge in [0.05, 0.1) is 4.47 Å². The first-order valence-corrected chi connectivity index (χ1v) is 4.66. The molecule has 0 unspecified atom stereocenters. The van der Waals surface area contributed by atoms with Crippen molar-refractivity contribution in [2.75, 3.05) is 0 Å². The summed E-state index contributed by atoms with van der Waals surface area (Å²) in [5.74, 6) is -1.41. The molecule has 0 amide bonds. The van der Waals surface area contributed by atoms with Crippen LogP contribution in [-0.4, -0.2) is 11.1 Å². The van der Waals surface area contributed by atoms with E-state index in [4.69, 9.17) is 5.11 Å². The van der Waals surface area contributed by atoms with Crippen molar-refractivity contribution in [3.63, 3.8) is 0 Å². The molecule has 0 bridgehead atoms. The fourth-order valence-corrected chi connectivity index (χ4v) is 1.16. The minimum Gasteiger partial charge on any atom is -0.478 e. The second kappa shape index (κ2) is 4.37. The van der Waals surface area contributed by atoms with Crippen LogP contribution in [0.4, 0.5) is 4.39 Å². The van der Waals surface area contributed by atoms with Crippen molar-refractivity contribution in [3.05, 3.63) is 39.6 Å². The van der Waals surface area contributed by atoms with Crippen LogP contribution in [0, 0.1) is 5.82 Å². The van der Waals surface area contributed by atoms with Gasteiger partial charge in [-0.2, -0.15) is 0 Å². The summed E-state index contributed by atoms with van der Waals surface area (Å²) in [5.41, 5.74) is 0.706. The lowest BCUT2D eigenvalue weighted by atomic mass is 10.1. The van der Waals surface area contributed by atoms with E-state index in [0.29, 0.717) is 10.0 Å². The second-order valence-corrected chi connectivity index (χ2v) is 3.66. The summed E-state index contributed by atoms with van der Waals surface area (Å²) < 4.78 is 13.4. The number of hydrogen-bond acceptors (Lipinski definition) is 1. The maximum Gasteiger partial charge on any atom is 0.331 e. The molecule has 0 radical (unpaired) electrons. The smallest absolute Gasteiger partial charge is 0.331 e. The fourth-order valence-electron chi connectivity index (χ4n) is 0.914. The first kappa shape index (κ1) is 10.9. The maximum absolute atomic E-state index is 13.0. The third kappa shape index (κ3) is 2.67. The molecule has 0 aromatic heterocycles. The van der Waals surface area contributed by atoms with Crippen molar-refractivity contribution in [1.82, 2.24) is 0 Å².